The van der Waals surface area contributed by atoms with E-state index in [1.807, 2.05) is 0 Å². The van der Waals surface area contributed by atoms with E-state index >= 15 is 0 Å². The fraction of sp³-hybridized carbons (Fsp3) is 0.316. The van der Waals surface area contributed by atoms with Crippen molar-refractivity contribution in [3.63, 3.8) is 0 Å². The van der Waals surface area contributed by atoms with Crippen LogP contribution in [0.25, 0.3) is 10.2 Å². The molecule has 1 aliphatic carbocycles. The predicted octanol–water partition coefficient (Wildman–Crippen LogP) is 5.18. The number of carbonyl (C=O) groups is 1. The Morgan fingerprint density at radius 3 is 2.75 bits per heavy atom. The van der Waals surface area contributed by atoms with E-state index in [1.54, 1.807) is 11.3 Å². The van der Waals surface area contributed by atoms with E-state index in [-0.39, 0.29) is 27.8 Å². The molecule has 1 amide bonds. The van der Waals surface area contributed by atoms with Gasteiger partial charge in [-0.2, -0.15) is 0 Å². The summed E-state index contributed by atoms with van der Waals surface area (Å²) in [6.45, 7) is 2.04. The molecule has 3 aromatic rings. The lowest BCUT2D eigenvalue weighted by molar-refractivity contribution is -0.116. The topological polar surface area (TPSA) is 64.0 Å². The van der Waals surface area contributed by atoms with Gasteiger partial charge >= 0.3 is 0 Å². The maximum atomic E-state index is 13.0. The zero-order chi connectivity index (χ0) is 20.0. The normalized spacial score (nSPS) is 16.2. The highest BCUT2D eigenvalue weighted by Gasteiger charge is 2.23. The summed E-state index contributed by atoms with van der Waals surface area (Å²) in [7, 11) is 0. The first-order valence-electron chi connectivity index (χ1n) is 8.77. The summed E-state index contributed by atoms with van der Waals surface area (Å²) >= 11 is 19.7. The molecule has 28 heavy (non-hydrogen) atoms. The number of anilines is 1. The molecule has 2 heterocycles. The zero-order valence-corrected chi connectivity index (χ0v) is 18.0. The third-order valence-electron chi connectivity index (χ3n) is 4.87. The first-order chi connectivity index (χ1) is 13.3. The van der Waals surface area contributed by atoms with Crippen LogP contribution in [0.15, 0.2) is 23.3 Å². The number of halogens is 3. The van der Waals surface area contributed by atoms with Crippen LogP contribution in [0.2, 0.25) is 15.1 Å². The molecule has 1 aromatic carbocycles. The fourth-order valence-corrected chi connectivity index (χ4v) is 5.73. The summed E-state index contributed by atoms with van der Waals surface area (Å²) in [6, 6.07) is 2.98. The standard InChI is InChI=1S/C19H16Cl3N3O2S/c1-9-2-3-11-14(4-9)28-18-16(11)19(27)25(8-23-18)7-15(26)24-17-12(21)5-10(20)6-13(17)22/h5-6,8-9H,2-4,7H2,1H3,(H,24,26). The van der Waals surface area contributed by atoms with Crippen LogP contribution in [0.5, 0.6) is 0 Å². The second-order valence-electron chi connectivity index (χ2n) is 7.00. The number of nitrogens with one attached hydrogen (secondary N) is 1. The SMILES string of the molecule is CC1CCc2c(sc3ncn(CC(=O)Nc4c(Cl)cc(Cl)cc4Cl)c(=O)c23)C1. The van der Waals surface area contributed by atoms with Crippen LogP contribution in [-0.2, 0) is 24.2 Å². The summed E-state index contributed by atoms with van der Waals surface area (Å²) in [4.78, 5) is 31.9. The van der Waals surface area contributed by atoms with E-state index < -0.39 is 5.91 Å². The molecule has 0 bridgehead atoms. The van der Waals surface area contributed by atoms with E-state index in [9.17, 15) is 9.59 Å². The molecule has 0 spiro atoms. The maximum Gasteiger partial charge on any atom is 0.262 e. The van der Waals surface area contributed by atoms with E-state index in [2.05, 4.69) is 17.2 Å². The molecule has 0 fully saturated rings. The lowest BCUT2D eigenvalue weighted by Gasteiger charge is -2.17. The van der Waals surface area contributed by atoms with E-state index in [4.69, 9.17) is 34.8 Å². The van der Waals surface area contributed by atoms with Gasteiger partial charge in [0.15, 0.2) is 0 Å². The van der Waals surface area contributed by atoms with Gasteiger partial charge in [-0.05, 0) is 42.9 Å². The number of hydrogen-bond acceptors (Lipinski definition) is 4. The number of amides is 1. The summed E-state index contributed by atoms with van der Waals surface area (Å²) in [5, 5.41) is 4.12. The highest BCUT2D eigenvalue weighted by molar-refractivity contribution is 7.18. The molecule has 1 atom stereocenters. The highest BCUT2D eigenvalue weighted by Crippen LogP contribution is 2.36. The lowest BCUT2D eigenvalue weighted by atomic mass is 9.89. The molecule has 1 unspecified atom stereocenters. The Labute approximate surface area is 180 Å². The minimum Gasteiger partial charge on any atom is -0.322 e. The maximum absolute atomic E-state index is 13.0. The van der Waals surface area contributed by atoms with Crippen LogP contribution in [0, 0.1) is 5.92 Å². The van der Waals surface area contributed by atoms with Crippen LogP contribution >= 0.6 is 46.1 Å². The number of aryl methyl sites for hydroxylation is 1. The van der Waals surface area contributed by atoms with E-state index in [0.717, 1.165) is 29.7 Å². The van der Waals surface area contributed by atoms with Crippen molar-refractivity contribution in [2.45, 2.75) is 32.7 Å². The number of fused-ring (bicyclic) bond motifs is 3. The van der Waals surface area contributed by atoms with Crippen molar-refractivity contribution in [1.82, 2.24) is 9.55 Å². The summed E-state index contributed by atoms with van der Waals surface area (Å²) in [5.74, 6) is 0.189. The minimum absolute atomic E-state index is 0.182. The van der Waals surface area contributed by atoms with Crippen molar-refractivity contribution < 1.29 is 4.79 Å². The number of carbonyl (C=O) groups excluding carboxylic acids is 1. The third-order valence-corrected chi connectivity index (χ3v) is 6.84. The van der Waals surface area contributed by atoms with Gasteiger partial charge in [0.2, 0.25) is 5.91 Å². The largest absolute Gasteiger partial charge is 0.322 e. The molecule has 0 aliphatic heterocycles. The Kier molecular flexibility index (Phi) is 5.40. The van der Waals surface area contributed by atoms with Crippen molar-refractivity contribution in [3.8, 4) is 0 Å². The Bertz CT molecular complexity index is 1130. The van der Waals surface area contributed by atoms with Crippen LogP contribution in [0.4, 0.5) is 5.69 Å². The highest BCUT2D eigenvalue weighted by atomic mass is 35.5. The van der Waals surface area contributed by atoms with Gasteiger partial charge in [-0.1, -0.05) is 41.7 Å². The quantitative estimate of drug-likeness (QED) is 0.590. The number of nitrogens with zero attached hydrogens (tertiary/aromatic N) is 2. The summed E-state index contributed by atoms with van der Waals surface area (Å²) in [5.41, 5.74) is 1.16. The number of aromatic nitrogens is 2. The van der Waals surface area contributed by atoms with Crippen LogP contribution < -0.4 is 10.9 Å². The van der Waals surface area contributed by atoms with Gasteiger partial charge in [0.05, 0.1) is 27.4 Å². The van der Waals surface area contributed by atoms with Crippen LogP contribution in [-0.4, -0.2) is 15.5 Å². The van der Waals surface area contributed by atoms with Crippen molar-refractivity contribution in [3.05, 3.63) is 54.3 Å². The van der Waals surface area contributed by atoms with Gasteiger partial charge < -0.3 is 5.32 Å². The Morgan fingerprint density at radius 1 is 1.32 bits per heavy atom. The number of rotatable bonds is 3. The van der Waals surface area contributed by atoms with Crippen molar-refractivity contribution in [1.29, 1.82) is 0 Å². The molecule has 1 N–H and O–H groups in total. The molecule has 1 aliphatic rings. The number of hydrogen-bond donors (Lipinski definition) is 1. The van der Waals surface area contributed by atoms with Gasteiger partial charge in [0, 0.05) is 9.90 Å². The van der Waals surface area contributed by atoms with Gasteiger partial charge in [0.1, 0.15) is 11.4 Å². The second-order valence-corrected chi connectivity index (χ2v) is 9.34. The average molecular weight is 457 g/mol. The molecular weight excluding hydrogens is 441 g/mol. The molecule has 146 valence electrons. The van der Waals surface area contributed by atoms with E-state index in [0.29, 0.717) is 16.3 Å². The fourth-order valence-electron chi connectivity index (χ4n) is 3.47. The molecular formula is C19H16Cl3N3O2S. The smallest absolute Gasteiger partial charge is 0.262 e. The molecule has 0 radical (unpaired) electrons. The van der Waals surface area contributed by atoms with Crippen molar-refractivity contribution in [2.75, 3.05) is 5.32 Å². The lowest BCUT2D eigenvalue weighted by Crippen LogP contribution is -2.28. The van der Waals surface area contributed by atoms with Crippen LogP contribution in [0.1, 0.15) is 23.8 Å². The second kappa shape index (κ2) is 7.67. The van der Waals surface area contributed by atoms with Gasteiger partial charge in [-0.3, -0.25) is 14.2 Å². The van der Waals surface area contributed by atoms with Crippen LogP contribution in [0.3, 0.4) is 0 Å². The average Bonchev–Trinajstić information content (AvgIpc) is 2.98. The molecule has 0 saturated carbocycles. The molecule has 9 heteroatoms. The predicted molar refractivity (Wildman–Crippen MR) is 115 cm³/mol. The monoisotopic (exact) mass is 455 g/mol. The Hall–Kier alpha value is -1.60. The zero-order valence-electron chi connectivity index (χ0n) is 14.9. The Morgan fingerprint density at radius 2 is 2.04 bits per heavy atom. The van der Waals surface area contributed by atoms with E-state index in [1.165, 1.54) is 27.9 Å². The third kappa shape index (κ3) is 3.66. The Balaban J connectivity index is 1.63. The van der Waals surface area contributed by atoms with Crippen molar-refractivity contribution in [2.24, 2.45) is 5.92 Å². The molecule has 0 saturated heterocycles. The van der Waals surface area contributed by atoms with Crippen molar-refractivity contribution >= 4 is 68.0 Å². The summed E-state index contributed by atoms with van der Waals surface area (Å²) < 4.78 is 1.32. The summed E-state index contributed by atoms with van der Waals surface area (Å²) in [6.07, 6.45) is 4.32. The first kappa shape index (κ1) is 19.7. The molecule has 4 rings (SSSR count). The van der Waals surface area contributed by atoms with Gasteiger partial charge in [0.25, 0.3) is 5.56 Å². The number of benzene rings is 1. The number of thiophene rings is 1. The minimum atomic E-state index is -0.424. The molecule has 2 aromatic heterocycles. The first-order valence-corrected chi connectivity index (χ1v) is 10.7. The molecule has 5 nitrogen and oxygen atoms in total. The van der Waals surface area contributed by atoms with Gasteiger partial charge in [-0.15, -0.1) is 11.3 Å². The van der Waals surface area contributed by atoms with Gasteiger partial charge in [-0.25, -0.2) is 4.98 Å².